The molecule has 1 heterocycles. The van der Waals surface area contributed by atoms with Gasteiger partial charge in [0.1, 0.15) is 0 Å². The van der Waals surface area contributed by atoms with Crippen LogP contribution < -0.4 is 25.0 Å². The number of rotatable bonds is 6. The van der Waals surface area contributed by atoms with Crippen molar-refractivity contribution >= 4 is 23.2 Å². The first-order chi connectivity index (χ1) is 13.1. The first-order valence-corrected chi connectivity index (χ1v) is 8.72. The zero-order valence-corrected chi connectivity index (χ0v) is 15.5. The van der Waals surface area contributed by atoms with Gasteiger partial charge in [0.25, 0.3) is 0 Å². The molecule has 0 spiro atoms. The topological polar surface area (TPSA) is 79.9 Å². The zero-order chi connectivity index (χ0) is 19.2. The number of hydrogen-bond acceptors (Lipinski definition) is 5. The summed E-state index contributed by atoms with van der Waals surface area (Å²) in [4.78, 5) is 26.2. The molecule has 0 bridgehead atoms. The van der Waals surface area contributed by atoms with Gasteiger partial charge < -0.3 is 25.0 Å². The Hall–Kier alpha value is -3.22. The van der Waals surface area contributed by atoms with E-state index in [2.05, 4.69) is 10.6 Å². The Balaban J connectivity index is 1.72. The number of amides is 2. The van der Waals surface area contributed by atoms with Gasteiger partial charge in [0.2, 0.25) is 11.8 Å². The van der Waals surface area contributed by atoms with Crippen molar-refractivity contribution in [3.8, 4) is 11.5 Å². The minimum absolute atomic E-state index is 0.0206. The lowest BCUT2D eigenvalue weighted by atomic mass is 10.1. The monoisotopic (exact) mass is 369 g/mol. The van der Waals surface area contributed by atoms with Gasteiger partial charge in [-0.15, -0.1) is 0 Å². The number of anilines is 2. The van der Waals surface area contributed by atoms with E-state index in [1.54, 1.807) is 26.4 Å². The smallest absolute Gasteiger partial charge is 0.239 e. The molecule has 1 fully saturated rings. The maximum absolute atomic E-state index is 12.6. The van der Waals surface area contributed by atoms with Gasteiger partial charge in [-0.2, -0.15) is 0 Å². The van der Waals surface area contributed by atoms with Gasteiger partial charge in [0, 0.05) is 13.1 Å². The molecule has 0 saturated carbocycles. The highest BCUT2D eigenvalue weighted by molar-refractivity contribution is 5.96. The van der Waals surface area contributed by atoms with E-state index in [1.165, 1.54) is 0 Å². The van der Waals surface area contributed by atoms with Crippen LogP contribution in [0.4, 0.5) is 11.4 Å². The highest BCUT2D eigenvalue weighted by Crippen LogP contribution is 2.29. The molecule has 2 aromatic carbocycles. The third-order valence-corrected chi connectivity index (χ3v) is 4.37. The molecule has 0 aromatic heterocycles. The molecule has 1 aliphatic rings. The molecule has 2 amide bonds. The summed E-state index contributed by atoms with van der Waals surface area (Å²) in [6.45, 7) is 1.57. The number of piperazine rings is 1. The Labute approximate surface area is 158 Å². The summed E-state index contributed by atoms with van der Waals surface area (Å²) in [5.41, 5.74) is 2.35. The molecule has 0 radical (unpaired) electrons. The summed E-state index contributed by atoms with van der Waals surface area (Å²) in [5, 5.41) is 5.76. The number of nitrogens with one attached hydrogen (secondary N) is 2. The third-order valence-electron chi connectivity index (χ3n) is 4.37. The third kappa shape index (κ3) is 4.49. The number of para-hydroxylation sites is 2. The standard InChI is InChI=1S/C20H23N3O4/c1-26-17-8-7-14(11-18(17)27-2)12-19(24)22-15-5-3-4-6-16(15)23-10-9-21-20(25)13-23/h3-8,11H,9-10,12-13H2,1-2H3,(H,21,25)(H,22,24). The van der Waals surface area contributed by atoms with Gasteiger partial charge in [-0.05, 0) is 29.8 Å². The molecule has 7 heteroatoms. The lowest BCUT2D eigenvalue weighted by Gasteiger charge is -2.30. The number of carbonyl (C=O) groups excluding carboxylic acids is 2. The summed E-state index contributed by atoms with van der Waals surface area (Å²) in [6, 6.07) is 12.9. The van der Waals surface area contributed by atoms with Crippen molar-refractivity contribution in [1.82, 2.24) is 5.32 Å². The Bertz CT molecular complexity index is 838. The fraction of sp³-hybridized carbons (Fsp3) is 0.300. The van der Waals surface area contributed by atoms with Crippen LogP contribution in [0, 0.1) is 0 Å². The molecular formula is C20H23N3O4. The van der Waals surface area contributed by atoms with Crippen LogP contribution in [-0.2, 0) is 16.0 Å². The number of nitrogens with zero attached hydrogens (tertiary/aromatic N) is 1. The van der Waals surface area contributed by atoms with Crippen LogP contribution in [0.15, 0.2) is 42.5 Å². The van der Waals surface area contributed by atoms with E-state index in [0.717, 1.165) is 11.3 Å². The summed E-state index contributed by atoms with van der Waals surface area (Å²) in [7, 11) is 3.13. The summed E-state index contributed by atoms with van der Waals surface area (Å²) in [6.07, 6.45) is 0.204. The molecule has 142 valence electrons. The Kier molecular flexibility index (Phi) is 5.80. The SMILES string of the molecule is COc1ccc(CC(=O)Nc2ccccc2N2CCNC(=O)C2)cc1OC. The fourth-order valence-corrected chi connectivity index (χ4v) is 3.07. The molecule has 27 heavy (non-hydrogen) atoms. The molecule has 1 aliphatic heterocycles. The van der Waals surface area contributed by atoms with Crippen molar-refractivity contribution in [1.29, 1.82) is 0 Å². The summed E-state index contributed by atoms with van der Waals surface area (Å²) >= 11 is 0. The number of benzene rings is 2. The molecular weight excluding hydrogens is 346 g/mol. The predicted molar refractivity (Wildman–Crippen MR) is 104 cm³/mol. The maximum atomic E-state index is 12.6. The van der Waals surface area contributed by atoms with Gasteiger partial charge >= 0.3 is 0 Å². The second-order valence-corrected chi connectivity index (χ2v) is 6.20. The predicted octanol–water partition coefficient (Wildman–Crippen LogP) is 1.82. The van der Waals surface area contributed by atoms with E-state index in [1.807, 2.05) is 35.2 Å². The normalized spacial score (nSPS) is 13.7. The highest BCUT2D eigenvalue weighted by Gasteiger charge is 2.19. The van der Waals surface area contributed by atoms with Gasteiger partial charge in [-0.3, -0.25) is 9.59 Å². The van der Waals surface area contributed by atoms with Gasteiger partial charge in [0.05, 0.1) is 38.6 Å². The van der Waals surface area contributed by atoms with E-state index in [-0.39, 0.29) is 24.8 Å². The van der Waals surface area contributed by atoms with Crippen LogP contribution in [0.1, 0.15) is 5.56 Å². The van der Waals surface area contributed by atoms with Crippen LogP contribution in [-0.4, -0.2) is 45.7 Å². The van der Waals surface area contributed by atoms with Crippen molar-refractivity contribution in [2.24, 2.45) is 0 Å². The van der Waals surface area contributed by atoms with Crippen LogP contribution in [0.5, 0.6) is 11.5 Å². The van der Waals surface area contributed by atoms with Crippen molar-refractivity contribution in [2.75, 3.05) is 44.1 Å². The summed E-state index contributed by atoms with van der Waals surface area (Å²) in [5.74, 6) is 1.04. The maximum Gasteiger partial charge on any atom is 0.239 e. The Morgan fingerprint density at radius 2 is 1.93 bits per heavy atom. The van der Waals surface area contributed by atoms with Gasteiger partial charge in [-0.1, -0.05) is 18.2 Å². The molecule has 0 unspecified atom stereocenters. The minimum atomic E-state index is -0.142. The Morgan fingerprint density at radius 1 is 1.15 bits per heavy atom. The molecule has 1 saturated heterocycles. The van der Waals surface area contributed by atoms with E-state index in [4.69, 9.17) is 9.47 Å². The van der Waals surface area contributed by atoms with Crippen molar-refractivity contribution in [2.45, 2.75) is 6.42 Å². The molecule has 7 nitrogen and oxygen atoms in total. The average molecular weight is 369 g/mol. The largest absolute Gasteiger partial charge is 0.493 e. The molecule has 2 N–H and O–H groups in total. The minimum Gasteiger partial charge on any atom is -0.493 e. The van der Waals surface area contributed by atoms with Crippen molar-refractivity contribution in [3.63, 3.8) is 0 Å². The lowest BCUT2D eigenvalue weighted by molar-refractivity contribution is -0.120. The molecule has 0 atom stereocenters. The van der Waals surface area contributed by atoms with Crippen molar-refractivity contribution in [3.05, 3.63) is 48.0 Å². The van der Waals surface area contributed by atoms with Gasteiger partial charge in [0.15, 0.2) is 11.5 Å². The first-order valence-electron chi connectivity index (χ1n) is 8.72. The molecule has 0 aliphatic carbocycles. The average Bonchev–Trinajstić information content (AvgIpc) is 2.68. The second kappa shape index (κ2) is 8.44. The van der Waals surface area contributed by atoms with Crippen molar-refractivity contribution < 1.29 is 19.1 Å². The zero-order valence-electron chi connectivity index (χ0n) is 15.5. The molecule has 2 aromatic rings. The quantitative estimate of drug-likeness (QED) is 0.812. The number of hydrogen-bond donors (Lipinski definition) is 2. The van der Waals surface area contributed by atoms with Crippen LogP contribution >= 0.6 is 0 Å². The van der Waals surface area contributed by atoms with Crippen LogP contribution in [0.2, 0.25) is 0 Å². The van der Waals surface area contributed by atoms with Crippen LogP contribution in [0.25, 0.3) is 0 Å². The number of methoxy groups -OCH3 is 2. The van der Waals surface area contributed by atoms with Gasteiger partial charge in [-0.25, -0.2) is 0 Å². The molecule has 3 rings (SSSR count). The fourth-order valence-electron chi connectivity index (χ4n) is 3.07. The number of ether oxygens (including phenoxy) is 2. The van der Waals surface area contributed by atoms with E-state index in [0.29, 0.717) is 30.3 Å². The van der Waals surface area contributed by atoms with Crippen LogP contribution in [0.3, 0.4) is 0 Å². The highest BCUT2D eigenvalue weighted by atomic mass is 16.5. The lowest BCUT2D eigenvalue weighted by Crippen LogP contribution is -2.47. The van der Waals surface area contributed by atoms with E-state index < -0.39 is 0 Å². The Morgan fingerprint density at radius 3 is 2.67 bits per heavy atom. The summed E-state index contributed by atoms with van der Waals surface area (Å²) < 4.78 is 10.5. The first kappa shape index (κ1) is 18.6. The van der Waals surface area contributed by atoms with E-state index in [9.17, 15) is 9.59 Å². The van der Waals surface area contributed by atoms with E-state index >= 15 is 0 Å². The number of carbonyl (C=O) groups is 2. The second-order valence-electron chi connectivity index (χ2n) is 6.20.